The molecule has 3 nitrogen and oxygen atoms in total. The van der Waals surface area contributed by atoms with Crippen molar-refractivity contribution in [1.29, 1.82) is 0 Å². The average Bonchev–Trinajstić information content (AvgIpc) is 2.57. The Kier molecular flexibility index (Phi) is 5.69. The summed E-state index contributed by atoms with van der Waals surface area (Å²) in [5.74, 6) is 0. The second-order valence-electron chi connectivity index (χ2n) is 5.71. The van der Waals surface area contributed by atoms with E-state index in [-0.39, 0.29) is 0 Å². The zero-order valence-corrected chi connectivity index (χ0v) is 14.7. The molecule has 2 aromatic carbocycles. The minimum Gasteiger partial charge on any atom is -0.366 e. The molecule has 0 fully saturated rings. The predicted molar refractivity (Wildman–Crippen MR) is 100 cm³/mol. The third-order valence-electron chi connectivity index (χ3n) is 3.96. The lowest BCUT2D eigenvalue weighted by Gasteiger charge is -2.13. The monoisotopic (exact) mass is 307 g/mol. The van der Waals surface area contributed by atoms with Crippen molar-refractivity contribution in [2.24, 2.45) is 9.98 Å². The Bertz CT molecular complexity index is 715. The van der Waals surface area contributed by atoms with Crippen LogP contribution in [0, 0.1) is 13.8 Å². The lowest BCUT2D eigenvalue weighted by atomic mass is 9.95. The van der Waals surface area contributed by atoms with Gasteiger partial charge < -0.3 is 4.90 Å². The molecule has 0 amide bonds. The molecule has 0 unspecified atom stereocenters. The van der Waals surface area contributed by atoms with Crippen molar-refractivity contribution in [3.05, 3.63) is 64.7 Å². The van der Waals surface area contributed by atoms with E-state index in [4.69, 9.17) is 0 Å². The molecule has 0 bridgehead atoms. The van der Waals surface area contributed by atoms with Crippen LogP contribution in [0.5, 0.6) is 0 Å². The molecule has 0 radical (unpaired) electrons. The third kappa shape index (κ3) is 4.07. The van der Waals surface area contributed by atoms with E-state index in [1.807, 2.05) is 38.6 Å². The zero-order valence-electron chi connectivity index (χ0n) is 14.7. The van der Waals surface area contributed by atoms with Crippen molar-refractivity contribution >= 4 is 17.7 Å². The molecule has 0 aliphatic rings. The van der Waals surface area contributed by atoms with Gasteiger partial charge in [0, 0.05) is 31.8 Å². The Hall–Kier alpha value is -2.42. The molecular formula is C20H25N3. The van der Waals surface area contributed by atoms with Gasteiger partial charge in [-0.3, -0.25) is 4.99 Å². The molecule has 0 atom stereocenters. The molecule has 0 N–H and O–H groups in total. The number of benzene rings is 2. The highest BCUT2D eigenvalue weighted by molar-refractivity contribution is 6.14. The molecule has 2 rings (SSSR count). The maximum atomic E-state index is 4.60. The SMILES string of the molecule is CCN(C)C=Nc1cc(C)c(C(=NC)c2ccccc2)cc1C. The molecule has 3 heteroatoms. The number of rotatable bonds is 5. The summed E-state index contributed by atoms with van der Waals surface area (Å²) in [5.41, 5.74) is 6.68. The highest BCUT2D eigenvalue weighted by atomic mass is 15.1. The van der Waals surface area contributed by atoms with E-state index in [2.05, 4.69) is 59.9 Å². The lowest BCUT2D eigenvalue weighted by molar-refractivity contribution is 0.552. The third-order valence-corrected chi connectivity index (χ3v) is 3.96. The Morgan fingerprint density at radius 2 is 1.78 bits per heavy atom. The fraction of sp³-hybridized carbons (Fsp3) is 0.300. The molecule has 120 valence electrons. The standard InChI is InChI=1S/C20H25N3/c1-6-23(5)14-22-19-13-15(2)18(12-16(19)3)20(21-4)17-10-8-7-9-11-17/h7-14H,6H2,1-5H3. The van der Waals surface area contributed by atoms with Crippen molar-refractivity contribution in [2.75, 3.05) is 20.6 Å². The molecule has 0 saturated heterocycles. The van der Waals surface area contributed by atoms with E-state index >= 15 is 0 Å². The Morgan fingerprint density at radius 1 is 1.09 bits per heavy atom. The van der Waals surface area contributed by atoms with Gasteiger partial charge >= 0.3 is 0 Å². The topological polar surface area (TPSA) is 28.0 Å². The molecule has 0 saturated carbocycles. The van der Waals surface area contributed by atoms with E-state index in [0.29, 0.717) is 0 Å². The molecule has 0 spiro atoms. The average molecular weight is 307 g/mol. The maximum absolute atomic E-state index is 4.60. The second kappa shape index (κ2) is 7.73. The normalized spacial score (nSPS) is 12.0. The van der Waals surface area contributed by atoms with Gasteiger partial charge in [0.2, 0.25) is 0 Å². The van der Waals surface area contributed by atoms with Crippen molar-refractivity contribution in [3.63, 3.8) is 0 Å². The van der Waals surface area contributed by atoms with Crippen LogP contribution in [0.3, 0.4) is 0 Å². The summed E-state index contributed by atoms with van der Waals surface area (Å²) in [6.45, 7) is 7.27. The first-order chi connectivity index (χ1) is 11.1. The molecule has 0 aliphatic heterocycles. The van der Waals surface area contributed by atoms with E-state index in [0.717, 1.165) is 29.1 Å². The summed E-state index contributed by atoms with van der Waals surface area (Å²) in [4.78, 5) is 11.2. The van der Waals surface area contributed by atoms with Gasteiger partial charge in [0.25, 0.3) is 0 Å². The molecule has 2 aromatic rings. The molecule has 0 aliphatic carbocycles. The van der Waals surface area contributed by atoms with Crippen LogP contribution in [0.15, 0.2) is 52.4 Å². The second-order valence-corrected chi connectivity index (χ2v) is 5.71. The maximum Gasteiger partial charge on any atom is 0.0909 e. The summed E-state index contributed by atoms with van der Waals surface area (Å²) in [7, 11) is 3.87. The summed E-state index contributed by atoms with van der Waals surface area (Å²) in [6, 6.07) is 14.6. The van der Waals surface area contributed by atoms with Crippen LogP contribution < -0.4 is 0 Å². The first-order valence-corrected chi connectivity index (χ1v) is 7.95. The van der Waals surface area contributed by atoms with Crippen LogP contribution in [0.1, 0.15) is 29.2 Å². The Balaban J connectivity index is 2.42. The van der Waals surface area contributed by atoms with Crippen LogP contribution in [0.4, 0.5) is 5.69 Å². The highest BCUT2D eigenvalue weighted by Gasteiger charge is 2.11. The van der Waals surface area contributed by atoms with Crippen LogP contribution in [0.25, 0.3) is 0 Å². The van der Waals surface area contributed by atoms with Crippen LogP contribution in [-0.4, -0.2) is 37.6 Å². The van der Waals surface area contributed by atoms with Gasteiger partial charge in [-0.05, 0) is 44.0 Å². The number of hydrogen-bond acceptors (Lipinski definition) is 2. The zero-order chi connectivity index (χ0) is 16.8. The fourth-order valence-corrected chi connectivity index (χ4v) is 2.44. The summed E-state index contributed by atoms with van der Waals surface area (Å²) in [5, 5.41) is 0. The van der Waals surface area contributed by atoms with Crippen LogP contribution in [0.2, 0.25) is 0 Å². The summed E-state index contributed by atoms with van der Waals surface area (Å²) in [6.07, 6.45) is 1.88. The Morgan fingerprint density at radius 3 is 2.39 bits per heavy atom. The van der Waals surface area contributed by atoms with Gasteiger partial charge in [-0.1, -0.05) is 30.3 Å². The first-order valence-electron chi connectivity index (χ1n) is 7.95. The van der Waals surface area contributed by atoms with E-state index in [1.54, 1.807) is 0 Å². The molecule has 0 aromatic heterocycles. The quantitative estimate of drug-likeness (QED) is 0.595. The van der Waals surface area contributed by atoms with Gasteiger partial charge in [-0.15, -0.1) is 0 Å². The van der Waals surface area contributed by atoms with E-state index in [1.165, 1.54) is 11.1 Å². The van der Waals surface area contributed by atoms with E-state index in [9.17, 15) is 0 Å². The smallest absolute Gasteiger partial charge is 0.0909 e. The fourth-order valence-electron chi connectivity index (χ4n) is 2.44. The molecule has 23 heavy (non-hydrogen) atoms. The van der Waals surface area contributed by atoms with Crippen LogP contribution >= 0.6 is 0 Å². The van der Waals surface area contributed by atoms with Gasteiger partial charge in [0.15, 0.2) is 0 Å². The van der Waals surface area contributed by atoms with Gasteiger partial charge in [-0.2, -0.15) is 0 Å². The Labute approximate surface area is 139 Å². The minimum absolute atomic E-state index is 0.945. The number of aliphatic imine (C=N–C) groups is 2. The van der Waals surface area contributed by atoms with Crippen molar-refractivity contribution in [3.8, 4) is 0 Å². The minimum atomic E-state index is 0.945. The van der Waals surface area contributed by atoms with Crippen molar-refractivity contribution < 1.29 is 0 Å². The molecular weight excluding hydrogens is 282 g/mol. The van der Waals surface area contributed by atoms with Gasteiger partial charge in [-0.25, -0.2) is 4.99 Å². The van der Waals surface area contributed by atoms with Gasteiger partial charge in [0.05, 0.1) is 17.7 Å². The number of hydrogen-bond donors (Lipinski definition) is 0. The van der Waals surface area contributed by atoms with E-state index < -0.39 is 0 Å². The number of nitrogens with zero attached hydrogens (tertiary/aromatic N) is 3. The van der Waals surface area contributed by atoms with Crippen molar-refractivity contribution in [1.82, 2.24) is 4.90 Å². The van der Waals surface area contributed by atoms with Gasteiger partial charge in [0.1, 0.15) is 0 Å². The summed E-state index contributed by atoms with van der Waals surface area (Å²) >= 11 is 0. The number of aryl methyl sites for hydroxylation is 2. The molecule has 0 heterocycles. The highest BCUT2D eigenvalue weighted by Crippen LogP contribution is 2.25. The largest absolute Gasteiger partial charge is 0.366 e. The summed E-state index contributed by atoms with van der Waals surface area (Å²) < 4.78 is 0. The van der Waals surface area contributed by atoms with Crippen molar-refractivity contribution in [2.45, 2.75) is 20.8 Å². The first kappa shape index (κ1) is 16.9. The lowest BCUT2D eigenvalue weighted by Crippen LogP contribution is -2.14. The predicted octanol–water partition coefficient (Wildman–Crippen LogP) is 4.38. The van der Waals surface area contributed by atoms with Crippen LogP contribution in [-0.2, 0) is 0 Å².